The van der Waals surface area contributed by atoms with Crippen LogP contribution in [-0.2, 0) is 36.6 Å². The average molecular weight is 439 g/mol. The van der Waals surface area contributed by atoms with Crippen LogP contribution < -0.4 is 0 Å². The summed E-state index contributed by atoms with van der Waals surface area (Å²) in [6, 6.07) is 4.29. The Morgan fingerprint density at radius 1 is 1.12 bits per heavy atom. The zero-order chi connectivity index (χ0) is 23.2. The summed E-state index contributed by atoms with van der Waals surface area (Å²) in [5, 5.41) is 0. The van der Waals surface area contributed by atoms with Gasteiger partial charge in [-0.2, -0.15) is 0 Å². The van der Waals surface area contributed by atoms with Crippen LogP contribution in [0.4, 0.5) is 0 Å². The van der Waals surface area contributed by atoms with E-state index in [1.165, 1.54) is 5.56 Å². The monoisotopic (exact) mass is 438 g/mol. The molecule has 32 heavy (non-hydrogen) atoms. The molecule has 2 aliphatic carbocycles. The predicted molar refractivity (Wildman–Crippen MR) is 123 cm³/mol. The van der Waals surface area contributed by atoms with Gasteiger partial charge in [-0.15, -0.1) is 0 Å². The van der Waals surface area contributed by atoms with Crippen LogP contribution in [0.15, 0.2) is 30.0 Å². The number of hydrogen-bond acceptors (Lipinski definition) is 5. The maximum absolute atomic E-state index is 13.9. The average Bonchev–Trinajstić information content (AvgIpc) is 3.24. The summed E-state index contributed by atoms with van der Waals surface area (Å²) < 4.78 is 18.1. The summed E-state index contributed by atoms with van der Waals surface area (Å²) in [6.07, 6.45) is 2.60. The third kappa shape index (κ3) is 3.86. The molecule has 2 atom stereocenters. The number of carbonyl (C=O) groups excluding carboxylic acids is 2. The lowest BCUT2D eigenvalue weighted by molar-refractivity contribution is -0.247. The van der Waals surface area contributed by atoms with Gasteiger partial charge >= 0.3 is 5.97 Å². The maximum Gasteiger partial charge on any atom is 0.313 e. The Balaban J connectivity index is 1.83. The third-order valence-electron chi connectivity index (χ3n) is 6.93. The number of ether oxygens (including phenoxy) is 3. The first-order chi connectivity index (χ1) is 15.2. The number of benzene rings is 1. The standard InChI is InChI=1S/C27H34O5/c1-7-18-9-16(5)10-19(8-2)22(18)23-24(28)20-11-27(30-13-17(6)14-31-27)12-21(20)25(23)32-26(29)15(3)4/h9-10,15,20-21H,6-8,11-14H2,1-5H3/t20-,21+/m1/s1. The molecule has 0 N–H and O–H groups in total. The molecule has 1 aromatic rings. The maximum atomic E-state index is 13.9. The van der Waals surface area contributed by atoms with E-state index in [1.54, 1.807) is 0 Å². The molecule has 1 heterocycles. The van der Waals surface area contributed by atoms with Crippen molar-refractivity contribution < 1.29 is 23.8 Å². The van der Waals surface area contributed by atoms with Crippen LogP contribution in [0.5, 0.6) is 0 Å². The quantitative estimate of drug-likeness (QED) is 0.481. The van der Waals surface area contributed by atoms with Gasteiger partial charge in [0.2, 0.25) is 0 Å². The van der Waals surface area contributed by atoms with Gasteiger partial charge in [0.25, 0.3) is 0 Å². The van der Waals surface area contributed by atoms with Crippen LogP contribution >= 0.6 is 0 Å². The highest BCUT2D eigenvalue weighted by molar-refractivity contribution is 6.26. The molecule has 0 radical (unpaired) electrons. The normalized spacial score (nSPS) is 24.6. The smallest absolute Gasteiger partial charge is 0.313 e. The van der Waals surface area contributed by atoms with Crippen molar-refractivity contribution in [1.82, 2.24) is 0 Å². The lowest BCUT2D eigenvalue weighted by Gasteiger charge is -2.35. The van der Waals surface area contributed by atoms with Gasteiger partial charge in [0, 0.05) is 24.7 Å². The summed E-state index contributed by atoms with van der Waals surface area (Å²) in [6.45, 7) is 14.7. The Bertz CT molecular complexity index is 964. The molecule has 0 unspecified atom stereocenters. The predicted octanol–water partition coefficient (Wildman–Crippen LogP) is 4.94. The first kappa shape index (κ1) is 22.9. The SMILES string of the molecule is C=C1COC2(C[C@@H]3C(OC(=O)C(C)C)=C(c4c(CC)cc(C)cc4CC)C(=O)[C@@H]3C2)OC1. The van der Waals surface area contributed by atoms with Crippen molar-refractivity contribution in [1.29, 1.82) is 0 Å². The van der Waals surface area contributed by atoms with Crippen LogP contribution in [0, 0.1) is 24.7 Å². The molecule has 0 amide bonds. The summed E-state index contributed by atoms with van der Waals surface area (Å²) in [5.74, 6) is -1.36. The molecular weight excluding hydrogens is 404 g/mol. The molecular formula is C27H34O5. The fourth-order valence-electron chi connectivity index (χ4n) is 5.29. The van der Waals surface area contributed by atoms with E-state index in [0.717, 1.165) is 35.1 Å². The highest BCUT2D eigenvalue weighted by atomic mass is 16.7. The molecule has 0 bridgehead atoms. The summed E-state index contributed by atoms with van der Waals surface area (Å²) >= 11 is 0. The fourth-order valence-corrected chi connectivity index (χ4v) is 5.29. The van der Waals surface area contributed by atoms with Crippen molar-refractivity contribution in [2.75, 3.05) is 13.2 Å². The highest BCUT2D eigenvalue weighted by Crippen LogP contribution is 2.55. The van der Waals surface area contributed by atoms with E-state index in [2.05, 4.69) is 39.5 Å². The highest BCUT2D eigenvalue weighted by Gasteiger charge is 2.58. The van der Waals surface area contributed by atoms with Crippen LogP contribution in [0.1, 0.15) is 62.8 Å². The number of rotatable bonds is 5. The number of esters is 1. The first-order valence-corrected chi connectivity index (χ1v) is 11.8. The molecule has 1 aliphatic heterocycles. The zero-order valence-corrected chi connectivity index (χ0v) is 19.9. The second kappa shape index (κ2) is 8.60. The number of hydrogen-bond donors (Lipinski definition) is 0. The van der Waals surface area contributed by atoms with E-state index < -0.39 is 5.79 Å². The minimum absolute atomic E-state index is 0.0447. The van der Waals surface area contributed by atoms with Crippen LogP contribution in [0.25, 0.3) is 5.57 Å². The van der Waals surface area contributed by atoms with Gasteiger partial charge in [-0.3, -0.25) is 9.59 Å². The van der Waals surface area contributed by atoms with Gasteiger partial charge in [-0.25, -0.2) is 0 Å². The molecule has 5 nitrogen and oxygen atoms in total. The number of fused-ring (bicyclic) bond motifs is 1. The van der Waals surface area contributed by atoms with E-state index in [-0.39, 0.29) is 29.5 Å². The Morgan fingerprint density at radius 3 is 2.22 bits per heavy atom. The lowest BCUT2D eigenvalue weighted by atomic mass is 9.87. The van der Waals surface area contributed by atoms with E-state index in [1.807, 2.05) is 13.8 Å². The molecule has 172 valence electrons. The number of carbonyl (C=O) groups is 2. The molecule has 1 spiro atoms. The topological polar surface area (TPSA) is 61.8 Å². The third-order valence-corrected chi connectivity index (χ3v) is 6.93. The van der Waals surface area contributed by atoms with Crippen molar-refractivity contribution in [3.8, 4) is 0 Å². The summed E-state index contributed by atoms with van der Waals surface area (Å²) in [5.41, 5.74) is 5.87. The number of allylic oxidation sites excluding steroid dienone is 2. The molecule has 0 aromatic heterocycles. The van der Waals surface area contributed by atoms with Gasteiger partial charge in [-0.1, -0.05) is 52.0 Å². The lowest BCUT2D eigenvalue weighted by Crippen LogP contribution is -2.40. The number of aryl methyl sites for hydroxylation is 3. The number of ketones is 1. The minimum atomic E-state index is -0.804. The van der Waals surface area contributed by atoms with Crippen LogP contribution in [0.2, 0.25) is 0 Å². The van der Waals surface area contributed by atoms with Crippen molar-refractivity contribution in [2.24, 2.45) is 17.8 Å². The molecule has 1 saturated carbocycles. The molecule has 4 rings (SSSR count). The van der Waals surface area contributed by atoms with Crippen LogP contribution in [0.3, 0.4) is 0 Å². The Labute approximate surface area is 190 Å². The Kier molecular flexibility index (Phi) is 6.17. The number of Topliss-reactive ketones (excluding diaryl/α,β-unsaturated/α-hetero) is 1. The van der Waals surface area contributed by atoms with E-state index in [9.17, 15) is 9.59 Å². The van der Waals surface area contributed by atoms with Crippen molar-refractivity contribution in [3.05, 3.63) is 52.3 Å². The van der Waals surface area contributed by atoms with Gasteiger partial charge in [-0.05, 0) is 42.0 Å². The van der Waals surface area contributed by atoms with Gasteiger partial charge in [0.05, 0.1) is 24.7 Å². The molecule has 1 saturated heterocycles. The van der Waals surface area contributed by atoms with Gasteiger partial charge in [0.15, 0.2) is 11.6 Å². The molecule has 1 aromatic carbocycles. The van der Waals surface area contributed by atoms with Crippen molar-refractivity contribution in [2.45, 2.75) is 66.1 Å². The largest absolute Gasteiger partial charge is 0.430 e. The van der Waals surface area contributed by atoms with Gasteiger partial charge < -0.3 is 14.2 Å². The summed E-state index contributed by atoms with van der Waals surface area (Å²) in [7, 11) is 0. The van der Waals surface area contributed by atoms with Crippen molar-refractivity contribution in [3.63, 3.8) is 0 Å². The second-order valence-corrected chi connectivity index (χ2v) is 9.70. The molecule has 3 aliphatic rings. The summed E-state index contributed by atoms with van der Waals surface area (Å²) in [4.78, 5) is 26.6. The Morgan fingerprint density at radius 2 is 1.69 bits per heavy atom. The molecule has 5 heteroatoms. The van der Waals surface area contributed by atoms with E-state index in [0.29, 0.717) is 37.4 Å². The van der Waals surface area contributed by atoms with E-state index in [4.69, 9.17) is 14.2 Å². The fraction of sp³-hybridized carbons (Fsp3) is 0.556. The van der Waals surface area contributed by atoms with Crippen molar-refractivity contribution >= 4 is 17.3 Å². The van der Waals surface area contributed by atoms with Crippen LogP contribution in [-0.4, -0.2) is 30.8 Å². The van der Waals surface area contributed by atoms with Gasteiger partial charge in [0.1, 0.15) is 5.76 Å². The zero-order valence-electron chi connectivity index (χ0n) is 19.9. The second-order valence-electron chi connectivity index (χ2n) is 9.70. The minimum Gasteiger partial charge on any atom is -0.430 e. The Hall–Kier alpha value is -2.24. The molecule has 2 fully saturated rings. The van der Waals surface area contributed by atoms with E-state index >= 15 is 0 Å². The first-order valence-electron chi connectivity index (χ1n) is 11.8.